The predicted molar refractivity (Wildman–Crippen MR) is 104 cm³/mol. The summed E-state index contributed by atoms with van der Waals surface area (Å²) in [4.78, 5) is 16.2. The van der Waals surface area contributed by atoms with E-state index in [1.807, 2.05) is 6.07 Å². The number of aromatic nitrogens is 1. The summed E-state index contributed by atoms with van der Waals surface area (Å²) in [5.74, 6) is -0.889. The number of fused-ring (bicyclic) bond motifs is 1. The highest BCUT2D eigenvalue weighted by Crippen LogP contribution is 2.26. The molecule has 2 heterocycles. The molecule has 1 saturated heterocycles. The summed E-state index contributed by atoms with van der Waals surface area (Å²) in [5, 5.41) is 10.3. The molecule has 2 aromatic carbocycles. The van der Waals surface area contributed by atoms with E-state index in [1.54, 1.807) is 17.7 Å². The van der Waals surface area contributed by atoms with Crippen molar-refractivity contribution in [3.63, 3.8) is 0 Å². The quantitative estimate of drug-likeness (QED) is 0.786. The van der Waals surface area contributed by atoms with Gasteiger partial charge < -0.3 is 14.6 Å². The Bertz CT molecular complexity index is 925. The fourth-order valence-electron chi connectivity index (χ4n) is 3.74. The number of aromatic carboxylic acids is 1. The van der Waals surface area contributed by atoms with Crippen molar-refractivity contribution in [2.45, 2.75) is 6.54 Å². The third-order valence-corrected chi connectivity index (χ3v) is 5.23. The third kappa shape index (κ3) is 3.18. The molecule has 134 valence electrons. The van der Waals surface area contributed by atoms with Gasteiger partial charge in [0.1, 0.15) is 5.69 Å². The Morgan fingerprint density at radius 1 is 1.00 bits per heavy atom. The van der Waals surface area contributed by atoms with Gasteiger partial charge in [0.15, 0.2) is 0 Å². The van der Waals surface area contributed by atoms with Crippen molar-refractivity contribution in [3.05, 3.63) is 65.9 Å². The minimum Gasteiger partial charge on any atom is -0.477 e. The lowest BCUT2D eigenvalue weighted by molar-refractivity contribution is 0.0687. The molecule has 0 spiro atoms. The second kappa shape index (κ2) is 6.84. The summed E-state index contributed by atoms with van der Waals surface area (Å²) in [6.07, 6.45) is 0. The Morgan fingerprint density at radius 2 is 1.73 bits per heavy atom. The van der Waals surface area contributed by atoms with Gasteiger partial charge in [0.25, 0.3) is 0 Å². The number of rotatable bonds is 4. The smallest absolute Gasteiger partial charge is 0.352 e. The number of hydrogen-bond acceptors (Lipinski definition) is 3. The lowest BCUT2D eigenvalue weighted by Crippen LogP contribution is -2.45. The maximum absolute atomic E-state index is 11.3. The van der Waals surface area contributed by atoms with Crippen molar-refractivity contribution >= 4 is 22.6 Å². The molecule has 0 amide bonds. The van der Waals surface area contributed by atoms with Crippen LogP contribution in [0.25, 0.3) is 10.9 Å². The Morgan fingerprint density at radius 3 is 2.42 bits per heavy atom. The molecule has 1 aliphatic rings. The standard InChI is InChI=1S/C21H23N3O2/c1-22-19-8-7-18(13-17(19)14-20(22)21(25)26)24-11-9-23(10-12-24)15-16-5-3-2-4-6-16/h2-8,13-14H,9-12,15H2,1H3,(H,25,26). The van der Waals surface area contributed by atoms with Crippen LogP contribution in [0.15, 0.2) is 54.6 Å². The first kappa shape index (κ1) is 16.7. The number of carboxylic acids is 1. The number of aryl methyl sites for hydroxylation is 1. The summed E-state index contributed by atoms with van der Waals surface area (Å²) in [6.45, 7) is 5.02. The number of hydrogen-bond donors (Lipinski definition) is 1. The zero-order valence-corrected chi connectivity index (χ0v) is 14.9. The Labute approximate surface area is 153 Å². The van der Waals surface area contributed by atoms with Crippen LogP contribution < -0.4 is 4.90 Å². The van der Waals surface area contributed by atoms with Gasteiger partial charge in [0, 0.05) is 56.4 Å². The molecule has 26 heavy (non-hydrogen) atoms. The zero-order valence-electron chi connectivity index (χ0n) is 14.9. The van der Waals surface area contributed by atoms with Gasteiger partial charge in [-0.1, -0.05) is 30.3 Å². The monoisotopic (exact) mass is 349 g/mol. The normalized spacial score (nSPS) is 15.5. The third-order valence-electron chi connectivity index (χ3n) is 5.23. The largest absolute Gasteiger partial charge is 0.477 e. The van der Waals surface area contributed by atoms with Crippen LogP contribution in [0.2, 0.25) is 0 Å². The van der Waals surface area contributed by atoms with Crippen molar-refractivity contribution < 1.29 is 9.90 Å². The molecule has 0 unspecified atom stereocenters. The number of benzene rings is 2. The molecule has 5 nitrogen and oxygen atoms in total. The summed E-state index contributed by atoms with van der Waals surface area (Å²) in [5.41, 5.74) is 3.80. The average molecular weight is 349 g/mol. The van der Waals surface area contributed by atoms with Crippen molar-refractivity contribution in [2.24, 2.45) is 7.05 Å². The van der Waals surface area contributed by atoms with Crippen LogP contribution >= 0.6 is 0 Å². The number of carboxylic acid groups (broad SMARTS) is 1. The summed E-state index contributed by atoms with van der Waals surface area (Å²) in [6, 6.07) is 18.6. The summed E-state index contributed by atoms with van der Waals surface area (Å²) in [7, 11) is 1.80. The second-order valence-corrected chi connectivity index (χ2v) is 6.89. The molecule has 1 fully saturated rings. The first-order valence-electron chi connectivity index (χ1n) is 8.96. The lowest BCUT2D eigenvalue weighted by Gasteiger charge is -2.36. The Hall–Kier alpha value is -2.79. The SMILES string of the molecule is Cn1c(C(=O)O)cc2cc(N3CCN(Cc4ccccc4)CC3)ccc21. The van der Waals surface area contributed by atoms with Gasteiger partial charge in [-0.3, -0.25) is 4.90 Å². The molecule has 0 saturated carbocycles. The van der Waals surface area contributed by atoms with Gasteiger partial charge in [-0.05, 0) is 29.8 Å². The minimum atomic E-state index is -0.889. The fraction of sp³-hybridized carbons (Fsp3) is 0.286. The van der Waals surface area contributed by atoms with Crippen LogP contribution in [0.3, 0.4) is 0 Å². The number of nitrogens with zero attached hydrogens (tertiary/aromatic N) is 3. The number of anilines is 1. The van der Waals surface area contributed by atoms with Crippen molar-refractivity contribution in [1.82, 2.24) is 9.47 Å². The van der Waals surface area contributed by atoms with E-state index in [0.29, 0.717) is 5.69 Å². The van der Waals surface area contributed by atoms with Gasteiger partial charge in [-0.2, -0.15) is 0 Å². The molecular formula is C21H23N3O2. The van der Waals surface area contributed by atoms with Gasteiger partial charge >= 0.3 is 5.97 Å². The van der Waals surface area contributed by atoms with E-state index in [2.05, 4.69) is 52.3 Å². The molecule has 5 heteroatoms. The molecule has 3 aromatic rings. The zero-order chi connectivity index (χ0) is 18.1. The van der Waals surface area contributed by atoms with Crippen LogP contribution in [-0.2, 0) is 13.6 Å². The van der Waals surface area contributed by atoms with E-state index < -0.39 is 5.97 Å². The summed E-state index contributed by atoms with van der Waals surface area (Å²) < 4.78 is 1.74. The minimum absolute atomic E-state index is 0.324. The van der Waals surface area contributed by atoms with Crippen LogP contribution in [0.4, 0.5) is 5.69 Å². The molecule has 4 rings (SSSR count). The number of carbonyl (C=O) groups is 1. The van der Waals surface area contributed by atoms with E-state index in [0.717, 1.165) is 43.6 Å². The molecule has 1 aromatic heterocycles. The van der Waals surface area contributed by atoms with Crippen LogP contribution in [0.1, 0.15) is 16.1 Å². The molecule has 0 radical (unpaired) electrons. The molecule has 1 N–H and O–H groups in total. The van der Waals surface area contributed by atoms with E-state index in [-0.39, 0.29) is 0 Å². The lowest BCUT2D eigenvalue weighted by atomic mass is 10.1. The topological polar surface area (TPSA) is 48.7 Å². The first-order valence-corrected chi connectivity index (χ1v) is 8.96. The molecular weight excluding hydrogens is 326 g/mol. The Kier molecular flexibility index (Phi) is 4.39. The van der Waals surface area contributed by atoms with Crippen molar-refractivity contribution in [1.29, 1.82) is 0 Å². The summed E-state index contributed by atoms with van der Waals surface area (Å²) >= 11 is 0. The van der Waals surface area contributed by atoms with E-state index in [4.69, 9.17) is 0 Å². The molecule has 1 aliphatic heterocycles. The highest BCUT2D eigenvalue weighted by atomic mass is 16.4. The molecule has 0 bridgehead atoms. The maximum atomic E-state index is 11.3. The Balaban J connectivity index is 1.46. The van der Waals surface area contributed by atoms with Gasteiger partial charge in [0.05, 0.1) is 0 Å². The maximum Gasteiger partial charge on any atom is 0.352 e. The van der Waals surface area contributed by atoms with Gasteiger partial charge in [-0.25, -0.2) is 4.79 Å². The second-order valence-electron chi connectivity index (χ2n) is 6.89. The highest BCUT2D eigenvalue weighted by Gasteiger charge is 2.19. The van der Waals surface area contributed by atoms with Gasteiger partial charge in [0.2, 0.25) is 0 Å². The van der Waals surface area contributed by atoms with E-state index in [1.165, 1.54) is 11.3 Å². The molecule has 0 atom stereocenters. The van der Waals surface area contributed by atoms with Crippen LogP contribution in [0, 0.1) is 0 Å². The first-order chi connectivity index (χ1) is 12.6. The highest BCUT2D eigenvalue weighted by molar-refractivity contribution is 5.95. The van der Waals surface area contributed by atoms with Crippen LogP contribution in [0.5, 0.6) is 0 Å². The van der Waals surface area contributed by atoms with Crippen LogP contribution in [-0.4, -0.2) is 46.7 Å². The van der Waals surface area contributed by atoms with E-state index in [9.17, 15) is 9.90 Å². The van der Waals surface area contributed by atoms with Gasteiger partial charge in [-0.15, -0.1) is 0 Å². The number of piperazine rings is 1. The van der Waals surface area contributed by atoms with E-state index >= 15 is 0 Å². The van der Waals surface area contributed by atoms with Crippen molar-refractivity contribution in [3.8, 4) is 0 Å². The average Bonchev–Trinajstić information content (AvgIpc) is 3.00. The van der Waals surface area contributed by atoms with Crippen molar-refractivity contribution in [2.75, 3.05) is 31.1 Å². The predicted octanol–water partition coefficient (Wildman–Crippen LogP) is 3.20. The fourth-order valence-corrected chi connectivity index (χ4v) is 3.74. The molecule has 0 aliphatic carbocycles.